The molecular weight excluding hydrogens is 166 g/mol. The van der Waals surface area contributed by atoms with E-state index < -0.39 is 0 Å². The van der Waals surface area contributed by atoms with Crippen LogP contribution in [-0.2, 0) is 0 Å². The van der Waals surface area contributed by atoms with Crippen molar-refractivity contribution in [3.63, 3.8) is 0 Å². The monoisotopic (exact) mass is 170 g/mol. The molecule has 0 aliphatic carbocycles. The smallest absolute Gasteiger partial charge is 0.179 e. The summed E-state index contributed by atoms with van der Waals surface area (Å²) < 4.78 is 0.800. The van der Waals surface area contributed by atoms with Gasteiger partial charge in [-0.3, -0.25) is 0 Å². The minimum Gasteiger partial charge on any atom is -0.197 e. The second-order valence-corrected chi connectivity index (χ2v) is 3.91. The van der Waals surface area contributed by atoms with Crippen LogP contribution in [0.15, 0.2) is 4.34 Å². The molecule has 0 fully saturated rings. The van der Waals surface area contributed by atoms with Crippen molar-refractivity contribution >= 4 is 23.1 Å². The predicted molar refractivity (Wildman–Crippen MR) is 39.7 cm³/mol. The Balaban J connectivity index is 2.50. The second-order valence-electron chi connectivity index (χ2n) is 1.55. The van der Waals surface area contributed by atoms with Crippen molar-refractivity contribution in [3.05, 3.63) is 5.51 Å². The van der Waals surface area contributed by atoms with Gasteiger partial charge in [-0.15, -0.1) is 10.2 Å². The first-order valence-corrected chi connectivity index (χ1v) is 4.28. The highest BCUT2D eigenvalue weighted by atomic mass is 32.2. The van der Waals surface area contributed by atoms with E-state index in [0.29, 0.717) is 0 Å². The Morgan fingerprint density at radius 1 is 1.90 bits per heavy atom. The van der Waals surface area contributed by atoms with Crippen LogP contribution in [0.2, 0.25) is 0 Å². The molecule has 51 valence electrons. The van der Waals surface area contributed by atoms with Crippen molar-refractivity contribution in [3.8, 4) is 6.07 Å². The molecule has 1 rings (SSSR count). The van der Waals surface area contributed by atoms with Crippen LogP contribution in [0.1, 0.15) is 6.92 Å². The lowest BCUT2D eigenvalue weighted by Gasteiger charge is -1.93. The summed E-state index contributed by atoms with van der Waals surface area (Å²) in [4.78, 5) is 0. The summed E-state index contributed by atoms with van der Waals surface area (Å²) in [6, 6.07) is 2.09. The van der Waals surface area contributed by atoms with Gasteiger partial charge in [0.05, 0.1) is 11.3 Å². The van der Waals surface area contributed by atoms with E-state index in [1.165, 1.54) is 23.1 Å². The molecule has 0 aromatic carbocycles. The lowest BCUT2D eigenvalue weighted by atomic mass is 10.5. The molecule has 1 aromatic heterocycles. The largest absolute Gasteiger partial charge is 0.197 e. The van der Waals surface area contributed by atoms with Crippen molar-refractivity contribution < 1.29 is 0 Å². The van der Waals surface area contributed by atoms with E-state index in [0.717, 1.165) is 4.34 Å². The molecule has 0 saturated carbocycles. The highest BCUT2D eigenvalue weighted by Crippen LogP contribution is 2.22. The topological polar surface area (TPSA) is 49.6 Å². The van der Waals surface area contributed by atoms with Gasteiger partial charge in [-0.2, -0.15) is 5.26 Å². The average Bonchev–Trinajstić information content (AvgIpc) is 2.40. The summed E-state index contributed by atoms with van der Waals surface area (Å²) in [5.41, 5.74) is 2.61. The van der Waals surface area contributed by atoms with E-state index in [4.69, 9.17) is 5.26 Å². The number of nitriles is 1. The number of thioether (sulfide) groups is 1. The number of nitrogens with zero attached hydrogens (tertiary/aromatic N) is 3. The SMILES string of the molecule is CC(C#N)Sc1nn[c]s1. The van der Waals surface area contributed by atoms with Crippen LogP contribution in [0.4, 0.5) is 0 Å². The van der Waals surface area contributed by atoms with Gasteiger partial charge in [-0.25, -0.2) is 0 Å². The molecule has 1 atom stereocenters. The summed E-state index contributed by atoms with van der Waals surface area (Å²) in [5.74, 6) is 0. The maximum Gasteiger partial charge on any atom is 0.179 e. The number of hydrogen-bond acceptors (Lipinski definition) is 5. The zero-order valence-electron chi connectivity index (χ0n) is 5.24. The molecule has 1 radical (unpaired) electrons. The third-order valence-electron chi connectivity index (χ3n) is 0.765. The minimum absolute atomic E-state index is 0.0543. The van der Waals surface area contributed by atoms with E-state index >= 15 is 0 Å². The number of hydrogen-bond donors (Lipinski definition) is 0. The standard InChI is InChI=1S/C5H4N3S2/c1-4(2-6)10-5-8-7-3-9-5/h4H,1H3. The Kier molecular flexibility index (Phi) is 2.66. The number of rotatable bonds is 2. The van der Waals surface area contributed by atoms with E-state index in [9.17, 15) is 0 Å². The molecular formula is C5H4N3S2. The fourth-order valence-electron chi connectivity index (χ4n) is 0.366. The lowest BCUT2D eigenvalue weighted by molar-refractivity contribution is 1.00. The fourth-order valence-corrected chi connectivity index (χ4v) is 1.79. The van der Waals surface area contributed by atoms with E-state index in [1.54, 1.807) is 0 Å². The molecule has 0 N–H and O–H groups in total. The normalized spacial score (nSPS) is 12.4. The summed E-state index contributed by atoms with van der Waals surface area (Å²) in [5, 5.41) is 15.6. The Labute approximate surface area is 67.1 Å². The maximum atomic E-state index is 8.41. The highest BCUT2D eigenvalue weighted by Gasteiger charge is 2.04. The first kappa shape index (κ1) is 7.51. The quantitative estimate of drug-likeness (QED) is 0.628. The van der Waals surface area contributed by atoms with Crippen LogP contribution in [0.3, 0.4) is 0 Å². The Morgan fingerprint density at radius 2 is 2.70 bits per heavy atom. The summed E-state index contributed by atoms with van der Waals surface area (Å²) in [6.07, 6.45) is 0. The summed E-state index contributed by atoms with van der Waals surface area (Å²) >= 11 is 2.73. The first-order valence-electron chi connectivity index (χ1n) is 2.58. The van der Waals surface area contributed by atoms with Gasteiger partial charge in [0.2, 0.25) is 0 Å². The van der Waals surface area contributed by atoms with E-state index in [-0.39, 0.29) is 5.25 Å². The van der Waals surface area contributed by atoms with E-state index in [2.05, 4.69) is 21.8 Å². The molecule has 0 spiro atoms. The highest BCUT2D eigenvalue weighted by molar-refractivity contribution is 8.01. The molecule has 0 saturated heterocycles. The average molecular weight is 170 g/mol. The Morgan fingerprint density at radius 3 is 3.20 bits per heavy atom. The van der Waals surface area contributed by atoms with Gasteiger partial charge in [0.1, 0.15) is 0 Å². The van der Waals surface area contributed by atoms with Gasteiger partial charge >= 0.3 is 0 Å². The van der Waals surface area contributed by atoms with Crippen LogP contribution < -0.4 is 0 Å². The van der Waals surface area contributed by atoms with Crippen molar-refractivity contribution in [1.82, 2.24) is 10.2 Å². The van der Waals surface area contributed by atoms with Gasteiger partial charge in [0.25, 0.3) is 0 Å². The fraction of sp³-hybridized carbons (Fsp3) is 0.400. The predicted octanol–water partition coefficient (Wildman–Crippen LogP) is 1.34. The van der Waals surface area contributed by atoms with Gasteiger partial charge in [-0.05, 0) is 6.92 Å². The van der Waals surface area contributed by atoms with E-state index in [1.807, 2.05) is 6.92 Å². The lowest BCUT2D eigenvalue weighted by Crippen LogP contribution is -1.88. The van der Waals surface area contributed by atoms with Gasteiger partial charge in [-0.1, -0.05) is 23.1 Å². The minimum atomic E-state index is -0.0543. The van der Waals surface area contributed by atoms with Crippen LogP contribution in [0, 0.1) is 16.8 Å². The molecule has 1 unspecified atom stereocenters. The third kappa shape index (κ3) is 1.97. The molecule has 1 heterocycles. The Bertz CT molecular complexity index is 226. The maximum absolute atomic E-state index is 8.41. The molecule has 3 nitrogen and oxygen atoms in total. The molecule has 0 bridgehead atoms. The zero-order chi connectivity index (χ0) is 7.40. The van der Waals surface area contributed by atoms with Crippen LogP contribution >= 0.6 is 23.1 Å². The molecule has 0 amide bonds. The van der Waals surface area contributed by atoms with Crippen molar-refractivity contribution in [2.75, 3.05) is 0 Å². The third-order valence-corrected chi connectivity index (χ3v) is 2.47. The van der Waals surface area contributed by atoms with Gasteiger partial charge < -0.3 is 0 Å². The molecule has 1 aromatic rings. The van der Waals surface area contributed by atoms with Crippen LogP contribution in [0.25, 0.3) is 0 Å². The summed E-state index contributed by atoms with van der Waals surface area (Å²) in [7, 11) is 0. The Hall–Kier alpha value is -0.600. The van der Waals surface area contributed by atoms with Crippen molar-refractivity contribution in [2.45, 2.75) is 16.5 Å². The number of aromatic nitrogens is 2. The second kappa shape index (κ2) is 3.54. The zero-order valence-corrected chi connectivity index (χ0v) is 6.87. The first-order chi connectivity index (χ1) is 4.83. The van der Waals surface area contributed by atoms with Gasteiger partial charge in [0, 0.05) is 0 Å². The van der Waals surface area contributed by atoms with Crippen LogP contribution in [-0.4, -0.2) is 15.4 Å². The molecule has 0 aliphatic heterocycles. The molecule has 0 aliphatic rings. The van der Waals surface area contributed by atoms with Crippen LogP contribution in [0.5, 0.6) is 0 Å². The van der Waals surface area contributed by atoms with Crippen molar-refractivity contribution in [1.29, 1.82) is 5.26 Å². The van der Waals surface area contributed by atoms with Gasteiger partial charge in [0.15, 0.2) is 9.85 Å². The summed E-state index contributed by atoms with van der Waals surface area (Å²) in [6.45, 7) is 1.83. The molecule has 10 heavy (non-hydrogen) atoms. The van der Waals surface area contributed by atoms with Crippen molar-refractivity contribution in [2.24, 2.45) is 0 Å². The molecule has 5 heteroatoms.